The van der Waals surface area contributed by atoms with Crippen LogP contribution in [0.15, 0.2) is 53.3 Å². The molecule has 0 aliphatic heterocycles. The Morgan fingerprint density at radius 1 is 0.875 bits per heavy atom. The number of rotatable bonds is 0. The van der Waals surface area contributed by atoms with Gasteiger partial charge in [0.1, 0.15) is 0 Å². The minimum Gasteiger partial charge on any atom is -0.311 e. The van der Waals surface area contributed by atoms with E-state index in [1.807, 2.05) is 25.2 Å². The summed E-state index contributed by atoms with van der Waals surface area (Å²) in [5, 5.41) is 3.39. The van der Waals surface area contributed by atoms with Crippen LogP contribution in [-0.4, -0.2) is 4.57 Å². The third-order valence-corrected chi connectivity index (χ3v) is 3.00. The van der Waals surface area contributed by atoms with Gasteiger partial charge >= 0.3 is 0 Å². The fourth-order valence-electron chi connectivity index (χ4n) is 2.16. The van der Waals surface area contributed by atoms with E-state index in [-0.39, 0.29) is 5.56 Å². The molecule has 0 N–H and O–H groups in total. The zero-order chi connectivity index (χ0) is 11.1. The third-order valence-electron chi connectivity index (χ3n) is 3.00. The first-order valence-electron chi connectivity index (χ1n) is 5.25. The van der Waals surface area contributed by atoms with Crippen molar-refractivity contribution in [2.24, 2.45) is 7.05 Å². The number of fused-ring (bicyclic) bond motifs is 3. The molecule has 0 amide bonds. The highest BCUT2D eigenvalue weighted by molar-refractivity contribution is 6.05. The smallest absolute Gasteiger partial charge is 0.250 e. The number of pyridine rings is 1. The van der Waals surface area contributed by atoms with E-state index in [0.717, 1.165) is 21.7 Å². The van der Waals surface area contributed by atoms with Crippen molar-refractivity contribution in [1.82, 2.24) is 4.57 Å². The second kappa shape index (κ2) is 3.20. The van der Waals surface area contributed by atoms with Crippen molar-refractivity contribution in [3.8, 4) is 0 Å². The summed E-state index contributed by atoms with van der Waals surface area (Å²) in [5.74, 6) is 0. The van der Waals surface area contributed by atoms with Gasteiger partial charge in [-0.2, -0.15) is 0 Å². The fourth-order valence-corrected chi connectivity index (χ4v) is 2.16. The summed E-state index contributed by atoms with van der Waals surface area (Å²) in [4.78, 5) is 11.6. The van der Waals surface area contributed by atoms with Crippen LogP contribution in [0, 0.1) is 0 Å². The quantitative estimate of drug-likeness (QED) is 0.522. The van der Waals surface area contributed by atoms with Crippen molar-refractivity contribution in [1.29, 1.82) is 0 Å². The normalized spacial score (nSPS) is 11.1. The van der Waals surface area contributed by atoms with E-state index in [9.17, 15) is 4.79 Å². The van der Waals surface area contributed by atoms with Gasteiger partial charge in [-0.05, 0) is 16.8 Å². The molecule has 1 aromatic heterocycles. The minimum absolute atomic E-state index is 0.0313. The SMILES string of the molecule is Cn1c(=O)ccc2ccc3ccccc3c21. The molecule has 2 heteroatoms. The van der Waals surface area contributed by atoms with Crippen molar-refractivity contribution >= 4 is 21.7 Å². The van der Waals surface area contributed by atoms with Crippen LogP contribution in [0.25, 0.3) is 21.7 Å². The number of aryl methyl sites for hydroxylation is 1. The zero-order valence-electron chi connectivity index (χ0n) is 8.97. The van der Waals surface area contributed by atoms with Crippen molar-refractivity contribution < 1.29 is 0 Å². The highest BCUT2D eigenvalue weighted by atomic mass is 16.1. The number of hydrogen-bond donors (Lipinski definition) is 0. The Bertz CT molecular complexity index is 740. The lowest BCUT2D eigenvalue weighted by Gasteiger charge is -2.07. The second-order valence-electron chi connectivity index (χ2n) is 3.96. The van der Waals surface area contributed by atoms with Crippen LogP contribution in [0.3, 0.4) is 0 Å². The molecule has 3 rings (SSSR count). The number of hydrogen-bond acceptors (Lipinski definition) is 1. The van der Waals surface area contributed by atoms with Crippen molar-refractivity contribution in [2.45, 2.75) is 0 Å². The van der Waals surface area contributed by atoms with Crippen LogP contribution >= 0.6 is 0 Å². The molecule has 0 radical (unpaired) electrons. The van der Waals surface area contributed by atoms with E-state index < -0.39 is 0 Å². The molecule has 78 valence electrons. The van der Waals surface area contributed by atoms with Gasteiger partial charge < -0.3 is 4.57 Å². The van der Waals surface area contributed by atoms with Gasteiger partial charge in [-0.1, -0.05) is 36.4 Å². The monoisotopic (exact) mass is 209 g/mol. The average Bonchev–Trinajstić information content (AvgIpc) is 2.33. The van der Waals surface area contributed by atoms with Crippen LogP contribution in [-0.2, 0) is 7.05 Å². The van der Waals surface area contributed by atoms with Gasteiger partial charge in [0.05, 0.1) is 5.52 Å². The zero-order valence-corrected chi connectivity index (χ0v) is 8.97. The maximum absolute atomic E-state index is 11.6. The largest absolute Gasteiger partial charge is 0.311 e. The van der Waals surface area contributed by atoms with Gasteiger partial charge in [0.2, 0.25) is 0 Å². The highest BCUT2D eigenvalue weighted by Crippen LogP contribution is 2.23. The molecular formula is C14H11NO. The van der Waals surface area contributed by atoms with Gasteiger partial charge in [-0.3, -0.25) is 4.79 Å². The lowest BCUT2D eigenvalue weighted by Crippen LogP contribution is -2.15. The molecule has 0 saturated heterocycles. The van der Waals surface area contributed by atoms with E-state index in [1.165, 1.54) is 0 Å². The first-order chi connectivity index (χ1) is 7.77. The average molecular weight is 209 g/mol. The second-order valence-corrected chi connectivity index (χ2v) is 3.96. The summed E-state index contributed by atoms with van der Waals surface area (Å²) in [7, 11) is 1.82. The molecule has 0 aliphatic rings. The first kappa shape index (κ1) is 9.16. The Kier molecular flexibility index (Phi) is 1.83. The van der Waals surface area contributed by atoms with E-state index >= 15 is 0 Å². The van der Waals surface area contributed by atoms with E-state index in [0.29, 0.717) is 0 Å². The summed E-state index contributed by atoms with van der Waals surface area (Å²) in [5.41, 5.74) is 1.04. The number of nitrogens with zero attached hydrogens (tertiary/aromatic N) is 1. The van der Waals surface area contributed by atoms with Gasteiger partial charge in [-0.25, -0.2) is 0 Å². The van der Waals surface area contributed by atoms with Crippen molar-refractivity contribution in [2.75, 3.05) is 0 Å². The van der Waals surface area contributed by atoms with Crippen LogP contribution in [0.2, 0.25) is 0 Å². The van der Waals surface area contributed by atoms with E-state index in [2.05, 4.69) is 24.3 Å². The van der Waals surface area contributed by atoms with Crippen molar-refractivity contribution in [3.05, 3.63) is 58.9 Å². The predicted octanol–water partition coefficient (Wildman–Crippen LogP) is 2.69. The summed E-state index contributed by atoms with van der Waals surface area (Å²) >= 11 is 0. The lowest BCUT2D eigenvalue weighted by molar-refractivity contribution is 0.910. The third kappa shape index (κ3) is 1.16. The Hall–Kier alpha value is -2.09. The molecular weight excluding hydrogens is 198 g/mol. The molecule has 0 atom stereocenters. The summed E-state index contributed by atoms with van der Waals surface area (Å²) < 4.78 is 1.71. The number of aromatic nitrogens is 1. The van der Waals surface area contributed by atoms with E-state index in [4.69, 9.17) is 0 Å². The van der Waals surface area contributed by atoms with Crippen LogP contribution in [0.4, 0.5) is 0 Å². The first-order valence-corrected chi connectivity index (χ1v) is 5.25. The molecule has 0 bridgehead atoms. The molecule has 0 unspecified atom stereocenters. The van der Waals surface area contributed by atoms with Gasteiger partial charge in [0, 0.05) is 18.5 Å². The molecule has 2 nitrogen and oxygen atoms in total. The van der Waals surface area contributed by atoms with Gasteiger partial charge in [0.25, 0.3) is 5.56 Å². The highest BCUT2D eigenvalue weighted by Gasteiger charge is 2.03. The molecule has 16 heavy (non-hydrogen) atoms. The maximum atomic E-state index is 11.6. The molecule has 3 aromatic rings. The lowest BCUT2D eigenvalue weighted by atomic mass is 10.1. The summed E-state index contributed by atoms with van der Waals surface area (Å²) in [6.07, 6.45) is 0. The molecule has 2 aromatic carbocycles. The number of benzene rings is 2. The molecule has 1 heterocycles. The minimum atomic E-state index is 0.0313. The molecule has 0 fully saturated rings. The Balaban J connectivity index is 2.68. The molecule has 0 saturated carbocycles. The standard InChI is InChI=1S/C14H11NO/c1-15-13(16)9-8-11-7-6-10-4-2-3-5-12(10)14(11)15/h2-9H,1H3. The Labute approximate surface area is 92.8 Å². The molecule has 0 aliphatic carbocycles. The van der Waals surface area contributed by atoms with Gasteiger partial charge in [-0.15, -0.1) is 0 Å². The van der Waals surface area contributed by atoms with Crippen LogP contribution < -0.4 is 5.56 Å². The maximum Gasteiger partial charge on any atom is 0.250 e. The Morgan fingerprint density at radius 3 is 2.44 bits per heavy atom. The summed E-state index contributed by atoms with van der Waals surface area (Å²) in [6, 6.07) is 15.7. The van der Waals surface area contributed by atoms with E-state index in [1.54, 1.807) is 10.6 Å². The fraction of sp³-hybridized carbons (Fsp3) is 0.0714. The topological polar surface area (TPSA) is 22.0 Å². The van der Waals surface area contributed by atoms with Crippen molar-refractivity contribution in [3.63, 3.8) is 0 Å². The van der Waals surface area contributed by atoms with Crippen LogP contribution in [0.5, 0.6) is 0 Å². The molecule has 0 spiro atoms. The predicted molar refractivity (Wildman–Crippen MR) is 66.7 cm³/mol. The van der Waals surface area contributed by atoms with Gasteiger partial charge in [0.15, 0.2) is 0 Å². The summed E-state index contributed by atoms with van der Waals surface area (Å²) in [6.45, 7) is 0. The van der Waals surface area contributed by atoms with Crippen LogP contribution in [0.1, 0.15) is 0 Å². The Morgan fingerprint density at radius 2 is 1.56 bits per heavy atom.